The monoisotopic (exact) mass is 293 g/mol. The van der Waals surface area contributed by atoms with Gasteiger partial charge in [0, 0.05) is 26.1 Å². The number of rotatable bonds is 5. The van der Waals surface area contributed by atoms with Crippen LogP contribution in [0.1, 0.15) is 37.8 Å². The molecule has 1 amide bonds. The zero-order valence-corrected chi connectivity index (χ0v) is 13.4. The van der Waals surface area contributed by atoms with Gasteiger partial charge in [-0.05, 0) is 24.0 Å². The predicted molar refractivity (Wildman–Crippen MR) is 80.2 cm³/mol. The molecule has 0 fully saturated rings. The fourth-order valence-corrected chi connectivity index (χ4v) is 2.57. The van der Waals surface area contributed by atoms with Crippen LogP contribution in [0.25, 0.3) is 0 Å². The van der Waals surface area contributed by atoms with E-state index in [-0.39, 0.29) is 12.7 Å². The lowest BCUT2D eigenvalue weighted by molar-refractivity contribution is -0.127. The lowest BCUT2D eigenvalue weighted by Crippen LogP contribution is -2.26. The standard InChI is InChI=1S/C16H23NO4/c1-10(2)14-12(6-7-17(4)11(3)18)8-13-15(16(14)19-5)21-9-20-13/h8,10H,6-7,9H2,1-5H3. The Morgan fingerprint density at radius 2 is 2.14 bits per heavy atom. The van der Waals surface area contributed by atoms with Crippen LogP contribution in [-0.2, 0) is 11.2 Å². The van der Waals surface area contributed by atoms with Crippen molar-refractivity contribution in [2.45, 2.75) is 33.1 Å². The molecule has 0 aromatic heterocycles. The maximum atomic E-state index is 11.4. The van der Waals surface area contributed by atoms with E-state index in [2.05, 4.69) is 13.8 Å². The zero-order valence-electron chi connectivity index (χ0n) is 13.4. The molecule has 116 valence electrons. The fraction of sp³-hybridized carbons (Fsp3) is 0.562. The van der Waals surface area contributed by atoms with Gasteiger partial charge in [-0.1, -0.05) is 13.8 Å². The molecule has 0 N–H and O–H groups in total. The molecule has 2 rings (SSSR count). The summed E-state index contributed by atoms with van der Waals surface area (Å²) in [6.45, 7) is 6.71. The van der Waals surface area contributed by atoms with Crippen LogP contribution in [0.5, 0.6) is 17.2 Å². The van der Waals surface area contributed by atoms with Gasteiger partial charge in [0.05, 0.1) is 7.11 Å². The van der Waals surface area contributed by atoms with Crippen molar-refractivity contribution in [2.75, 3.05) is 27.5 Å². The molecule has 0 saturated carbocycles. The van der Waals surface area contributed by atoms with Gasteiger partial charge in [-0.2, -0.15) is 0 Å². The highest BCUT2D eigenvalue weighted by molar-refractivity contribution is 5.72. The quantitative estimate of drug-likeness (QED) is 0.837. The van der Waals surface area contributed by atoms with Crippen molar-refractivity contribution < 1.29 is 19.0 Å². The van der Waals surface area contributed by atoms with Crippen LogP contribution in [-0.4, -0.2) is 38.3 Å². The number of fused-ring (bicyclic) bond motifs is 1. The van der Waals surface area contributed by atoms with Crippen molar-refractivity contribution in [2.24, 2.45) is 0 Å². The van der Waals surface area contributed by atoms with E-state index in [1.165, 1.54) is 0 Å². The Morgan fingerprint density at radius 3 is 2.71 bits per heavy atom. The molecule has 5 heteroatoms. The Hall–Kier alpha value is -1.91. The highest BCUT2D eigenvalue weighted by Crippen LogP contribution is 2.47. The second-order valence-corrected chi connectivity index (χ2v) is 5.56. The van der Waals surface area contributed by atoms with Gasteiger partial charge in [-0.3, -0.25) is 4.79 Å². The molecule has 0 aliphatic carbocycles. The van der Waals surface area contributed by atoms with Gasteiger partial charge in [0.2, 0.25) is 18.4 Å². The third-order valence-electron chi connectivity index (χ3n) is 3.78. The summed E-state index contributed by atoms with van der Waals surface area (Å²) >= 11 is 0. The minimum absolute atomic E-state index is 0.0637. The third kappa shape index (κ3) is 3.06. The predicted octanol–water partition coefficient (Wildman–Crippen LogP) is 2.57. The third-order valence-corrected chi connectivity index (χ3v) is 3.78. The van der Waals surface area contributed by atoms with E-state index in [0.717, 1.165) is 29.0 Å². The van der Waals surface area contributed by atoms with Gasteiger partial charge in [0.1, 0.15) is 0 Å². The van der Waals surface area contributed by atoms with Gasteiger partial charge in [-0.25, -0.2) is 0 Å². The number of benzene rings is 1. The number of methoxy groups -OCH3 is 1. The van der Waals surface area contributed by atoms with Crippen LogP contribution in [0.2, 0.25) is 0 Å². The van der Waals surface area contributed by atoms with E-state index in [4.69, 9.17) is 14.2 Å². The molecule has 1 aromatic rings. The number of hydrogen-bond acceptors (Lipinski definition) is 4. The molecule has 0 unspecified atom stereocenters. The topological polar surface area (TPSA) is 48.0 Å². The molecule has 1 heterocycles. The van der Waals surface area contributed by atoms with Crippen molar-refractivity contribution in [3.63, 3.8) is 0 Å². The molecule has 5 nitrogen and oxygen atoms in total. The van der Waals surface area contributed by atoms with Gasteiger partial charge in [-0.15, -0.1) is 0 Å². The van der Waals surface area contributed by atoms with Crippen LogP contribution < -0.4 is 14.2 Å². The first kappa shape index (κ1) is 15.5. The number of carbonyl (C=O) groups is 1. The lowest BCUT2D eigenvalue weighted by Gasteiger charge is -2.21. The largest absolute Gasteiger partial charge is 0.492 e. The van der Waals surface area contributed by atoms with E-state index in [1.54, 1.807) is 18.9 Å². The van der Waals surface area contributed by atoms with Crippen LogP contribution >= 0.6 is 0 Å². The summed E-state index contributed by atoms with van der Waals surface area (Å²) in [6.07, 6.45) is 0.761. The van der Waals surface area contributed by atoms with Gasteiger partial charge in [0.15, 0.2) is 11.5 Å². The van der Waals surface area contributed by atoms with Crippen molar-refractivity contribution in [3.05, 3.63) is 17.2 Å². The normalized spacial score (nSPS) is 12.7. The average Bonchev–Trinajstić information content (AvgIpc) is 2.90. The molecule has 1 aliphatic heterocycles. The number of hydrogen-bond donors (Lipinski definition) is 0. The van der Waals surface area contributed by atoms with Gasteiger partial charge in [0.25, 0.3) is 0 Å². The van der Waals surface area contributed by atoms with Crippen LogP contribution in [0.3, 0.4) is 0 Å². The first-order valence-electron chi connectivity index (χ1n) is 7.16. The number of ether oxygens (including phenoxy) is 3. The second kappa shape index (κ2) is 6.24. The summed E-state index contributed by atoms with van der Waals surface area (Å²) in [5.74, 6) is 2.52. The maximum absolute atomic E-state index is 11.4. The highest BCUT2D eigenvalue weighted by atomic mass is 16.7. The minimum atomic E-state index is 0.0637. The molecule has 0 atom stereocenters. The Labute approximate surface area is 125 Å². The fourth-order valence-electron chi connectivity index (χ4n) is 2.57. The smallest absolute Gasteiger partial charge is 0.231 e. The molecular weight excluding hydrogens is 270 g/mol. The number of nitrogens with zero attached hydrogens (tertiary/aromatic N) is 1. The van der Waals surface area contributed by atoms with Crippen molar-refractivity contribution in [3.8, 4) is 17.2 Å². The van der Waals surface area contributed by atoms with Gasteiger partial charge < -0.3 is 19.1 Å². The maximum Gasteiger partial charge on any atom is 0.231 e. The molecule has 0 radical (unpaired) electrons. The Morgan fingerprint density at radius 1 is 1.43 bits per heavy atom. The minimum Gasteiger partial charge on any atom is -0.492 e. The van der Waals surface area contributed by atoms with E-state index < -0.39 is 0 Å². The highest BCUT2D eigenvalue weighted by Gasteiger charge is 2.26. The molecular formula is C16H23NO4. The summed E-state index contributed by atoms with van der Waals surface area (Å²) < 4.78 is 16.6. The van der Waals surface area contributed by atoms with Crippen molar-refractivity contribution in [1.82, 2.24) is 4.90 Å². The molecule has 1 aromatic carbocycles. The van der Waals surface area contributed by atoms with E-state index >= 15 is 0 Å². The van der Waals surface area contributed by atoms with Crippen molar-refractivity contribution >= 4 is 5.91 Å². The molecule has 0 spiro atoms. The molecule has 21 heavy (non-hydrogen) atoms. The van der Waals surface area contributed by atoms with E-state index in [1.807, 2.05) is 13.1 Å². The van der Waals surface area contributed by atoms with Gasteiger partial charge >= 0.3 is 0 Å². The number of amides is 1. The summed E-state index contributed by atoms with van der Waals surface area (Å²) in [6, 6.07) is 2.01. The van der Waals surface area contributed by atoms with Crippen LogP contribution in [0.4, 0.5) is 0 Å². The summed E-state index contributed by atoms with van der Waals surface area (Å²) in [4.78, 5) is 13.1. The van der Waals surface area contributed by atoms with Crippen molar-refractivity contribution in [1.29, 1.82) is 0 Å². The number of carbonyl (C=O) groups excluding carboxylic acids is 1. The first-order chi connectivity index (χ1) is 9.95. The van der Waals surface area contributed by atoms with E-state index in [0.29, 0.717) is 18.2 Å². The molecule has 0 saturated heterocycles. The summed E-state index contributed by atoms with van der Waals surface area (Å²) in [7, 11) is 3.45. The van der Waals surface area contributed by atoms with E-state index in [9.17, 15) is 4.79 Å². The van der Waals surface area contributed by atoms with Crippen LogP contribution in [0, 0.1) is 0 Å². The second-order valence-electron chi connectivity index (χ2n) is 5.56. The molecule has 1 aliphatic rings. The Balaban J connectivity index is 2.37. The summed E-state index contributed by atoms with van der Waals surface area (Å²) in [5, 5.41) is 0. The average molecular weight is 293 g/mol. The van der Waals surface area contributed by atoms with Crippen LogP contribution in [0.15, 0.2) is 6.07 Å². The lowest BCUT2D eigenvalue weighted by atomic mass is 9.93. The molecule has 0 bridgehead atoms. The Bertz CT molecular complexity index is 540. The zero-order chi connectivity index (χ0) is 15.6. The Kier molecular flexibility index (Phi) is 4.60. The number of likely N-dealkylation sites (N-methyl/N-ethyl adjacent to an activating group) is 1. The SMILES string of the molecule is COc1c2c(cc(CCN(C)C(C)=O)c1C(C)C)OCO2. The summed E-state index contributed by atoms with van der Waals surface area (Å²) in [5.41, 5.74) is 2.26. The first-order valence-corrected chi connectivity index (χ1v) is 7.16.